The number of H-pyrrole nitrogens is 1. The Kier molecular flexibility index (Phi) is 3.77. The molecule has 5 nitrogen and oxygen atoms in total. The molecule has 0 aliphatic heterocycles. The van der Waals surface area contributed by atoms with Gasteiger partial charge < -0.3 is 10.1 Å². The number of aryl methyl sites for hydroxylation is 1. The van der Waals surface area contributed by atoms with E-state index in [0.717, 1.165) is 23.9 Å². The standard InChI is InChI=1S/C11H11N3O2S/c15-9-7-10(16)14-11(13-9)17-6-4-8-3-1-2-5-12-8/h1-3,5,7H,4,6H2,(H2,13,14,15,16). The largest absolute Gasteiger partial charge is 0.493 e. The minimum Gasteiger partial charge on any atom is -0.493 e. The Morgan fingerprint density at radius 3 is 3.00 bits per heavy atom. The zero-order valence-corrected chi connectivity index (χ0v) is 9.78. The van der Waals surface area contributed by atoms with Crippen LogP contribution in [0.15, 0.2) is 40.4 Å². The molecule has 2 aromatic rings. The summed E-state index contributed by atoms with van der Waals surface area (Å²) in [6, 6.07) is 6.79. The van der Waals surface area contributed by atoms with E-state index in [9.17, 15) is 4.79 Å². The maximum atomic E-state index is 11.1. The van der Waals surface area contributed by atoms with E-state index in [-0.39, 0.29) is 11.4 Å². The molecule has 2 heterocycles. The summed E-state index contributed by atoms with van der Waals surface area (Å²) < 4.78 is 0. The summed E-state index contributed by atoms with van der Waals surface area (Å²) in [5.41, 5.74) is 0.639. The number of rotatable bonds is 4. The molecule has 0 atom stereocenters. The highest BCUT2D eigenvalue weighted by Gasteiger charge is 2.01. The van der Waals surface area contributed by atoms with Crippen molar-refractivity contribution >= 4 is 11.8 Å². The maximum Gasteiger partial charge on any atom is 0.255 e. The lowest BCUT2D eigenvalue weighted by Gasteiger charge is -2.00. The average Bonchev–Trinajstić information content (AvgIpc) is 2.29. The summed E-state index contributed by atoms with van der Waals surface area (Å²) in [6.45, 7) is 0. The number of aromatic amines is 1. The van der Waals surface area contributed by atoms with Crippen LogP contribution < -0.4 is 5.56 Å². The normalized spacial score (nSPS) is 10.4. The second kappa shape index (κ2) is 5.49. The molecule has 17 heavy (non-hydrogen) atoms. The maximum absolute atomic E-state index is 11.1. The van der Waals surface area contributed by atoms with Crippen molar-refractivity contribution in [3.05, 3.63) is 46.5 Å². The van der Waals surface area contributed by atoms with E-state index in [1.165, 1.54) is 11.8 Å². The molecule has 0 aliphatic rings. The van der Waals surface area contributed by atoms with Crippen LogP contribution in [-0.2, 0) is 6.42 Å². The molecule has 0 saturated carbocycles. The van der Waals surface area contributed by atoms with Crippen molar-refractivity contribution in [2.45, 2.75) is 11.6 Å². The Bertz CT molecular complexity index is 542. The second-order valence-corrected chi connectivity index (χ2v) is 4.41. The number of pyridine rings is 1. The third kappa shape index (κ3) is 3.60. The number of thioether (sulfide) groups is 1. The first-order valence-corrected chi connectivity index (χ1v) is 6.05. The SMILES string of the molecule is O=c1cc(O)nc(SCCc2ccccn2)[nH]1. The molecular weight excluding hydrogens is 238 g/mol. The molecule has 88 valence electrons. The van der Waals surface area contributed by atoms with Crippen molar-refractivity contribution in [3.63, 3.8) is 0 Å². The van der Waals surface area contributed by atoms with Gasteiger partial charge in [-0.05, 0) is 18.6 Å². The van der Waals surface area contributed by atoms with Crippen LogP contribution in [0.3, 0.4) is 0 Å². The van der Waals surface area contributed by atoms with E-state index in [0.29, 0.717) is 5.16 Å². The molecule has 2 aromatic heterocycles. The van der Waals surface area contributed by atoms with Gasteiger partial charge in [0.15, 0.2) is 5.16 Å². The van der Waals surface area contributed by atoms with Gasteiger partial charge in [0.1, 0.15) is 0 Å². The van der Waals surface area contributed by atoms with E-state index in [1.54, 1.807) is 6.20 Å². The molecule has 0 unspecified atom stereocenters. The van der Waals surface area contributed by atoms with Crippen molar-refractivity contribution in [2.75, 3.05) is 5.75 Å². The monoisotopic (exact) mass is 249 g/mol. The highest BCUT2D eigenvalue weighted by atomic mass is 32.2. The number of nitrogens with zero attached hydrogens (tertiary/aromatic N) is 2. The molecular formula is C11H11N3O2S. The lowest BCUT2D eigenvalue weighted by atomic mass is 10.3. The molecule has 0 spiro atoms. The molecule has 0 amide bonds. The third-order valence-corrected chi connectivity index (χ3v) is 2.90. The first-order valence-electron chi connectivity index (χ1n) is 5.07. The summed E-state index contributed by atoms with van der Waals surface area (Å²) in [5, 5.41) is 9.58. The van der Waals surface area contributed by atoms with Crippen molar-refractivity contribution in [1.82, 2.24) is 15.0 Å². The third-order valence-electron chi connectivity index (χ3n) is 2.03. The number of aromatic hydroxyl groups is 1. The fraction of sp³-hybridized carbons (Fsp3) is 0.182. The summed E-state index contributed by atoms with van der Waals surface area (Å²) >= 11 is 1.38. The first-order chi connectivity index (χ1) is 8.24. The Morgan fingerprint density at radius 2 is 2.29 bits per heavy atom. The summed E-state index contributed by atoms with van der Waals surface area (Å²) in [7, 11) is 0. The van der Waals surface area contributed by atoms with Crippen LogP contribution in [0.4, 0.5) is 0 Å². The molecule has 0 bridgehead atoms. The van der Waals surface area contributed by atoms with Crippen LogP contribution in [-0.4, -0.2) is 25.8 Å². The summed E-state index contributed by atoms with van der Waals surface area (Å²) in [6.07, 6.45) is 2.53. The lowest BCUT2D eigenvalue weighted by Crippen LogP contribution is -2.06. The van der Waals surface area contributed by atoms with Crippen molar-refractivity contribution in [2.24, 2.45) is 0 Å². The second-order valence-electron chi connectivity index (χ2n) is 3.33. The number of hydrogen-bond acceptors (Lipinski definition) is 5. The van der Waals surface area contributed by atoms with Gasteiger partial charge in [-0.2, -0.15) is 4.98 Å². The predicted octanol–water partition coefficient (Wildman–Crippen LogP) is 1.21. The molecule has 2 rings (SSSR count). The van der Waals surface area contributed by atoms with Crippen LogP contribution in [0.2, 0.25) is 0 Å². The fourth-order valence-electron chi connectivity index (χ4n) is 1.29. The van der Waals surface area contributed by atoms with Crippen molar-refractivity contribution < 1.29 is 5.11 Å². The number of nitrogens with one attached hydrogen (secondary N) is 1. The molecule has 2 N–H and O–H groups in total. The van der Waals surface area contributed by atoms with Crippen LogP contribution in [0.25, 0.3) is 0 Å². The van der Waals surface area contributed by atoms with E-state index >= 15 is 0 Å². The smallest absolute Gasteiger partial charge is 0.255 e. The number of hydrogen-bond donors (Lipinski definition) is 2. The van der Waals surface area contributed by atoms with Crippen LogP contribution in [0, 0.1) is 0 Å². The van der Waals surface area contributed by atoms with Gasteiger partial charge in [0.2, 0.25) is 5.88 Å². The highest BCUT2D eigenvalue weighted by molar-refractivity contribution is 7.99. The molecule has 0 radical (unpaired) electrons. The van der Waals surface area contributed by atoms with Gasteiger partial charge in [0, 0.05) is 17.6 Å². The highest BCUT2D eigenvalue weighted by Crippen LogP contribution is 2.14. The zero-order valence-electron chi connectivity index (χ0n) is 8.96. The Morgan fingerprint density at radius 1 is 1.41 bits per heavy atom. The van der Waals surface area contributed by atoms with E-state index in [2.05, 4.69) is 15.0 Å². The van der Waals surface area contributed by atoms with Gasteiger partial charge in [-0.25, -0.2) is 0 Å². The van der Waals surface area contributed by atoms with Crippen LogP contribution >= 0.6 is 11.8 Å². The van der Waals surface area contributed by atoms with Crippen molar-refractivity contribution in [1.29, 1.82) is 0 Å². The molecule has 0 saturated heterocycles. The Hall–Kier alpha value is -1.82. The van der Waals surface area contributed by atoms with Gasteiger partial charge in [0.25, 0.3) is 5.56 Å². The topological polar surface area (TPSA) is 78.9 Å². The van der Waals surface area contributed by atoms with Crippen LogP contribution in [0.1, 0.15) is 5.69 Å². The van der Waals surface area contributed by atoms with Crippen molar-refractivity contribution in [3.8, 4) is 5.88 Å². The molecule has 0 fully saturated rings. The van der Waals surface area contributed by atoms with E-state index in [1.807, 2.05) is 18.2 Å². The molecule has 0 aliphatic carbocycles. The molecule has 0 aromatic carbocycles. The van der Waals surface area contributed by atoms with E-state index < -0.39 is 0 Å². The summed E-state index contributed by atoms with van der Waals surface area (Å²) in [4.78, 5) is 21.6. The minimum absolute atomic E-state index is 0.255. The van der Waals surface area contributed by atoms with Gasteiger partial charge in [-0.15, -0.1) is 0 Å². The minimum atomic E-state index is -0.349. The lowest BCUT2D eigenvalue weighted by molar-refractivity contribution is 0.444. The van der Waals surface area contributed by atoms with Crippen LogP contribution in [0.5, 0.6) is 5.88 Å². The fourth-order valence-corrected chi connectivity index (χ4v) is 2.13. The van der Waals surface area contributed by atoms with Gasteiger partial charge in [0.05, 0.1) is 6.07 Å². The summed E-state index contributed by atoms with van der Waals surface area (Å²) in [5.74, 6) is 0.484. The predicted molar refractivity (Wildman–Crippen MR) is 65.2 cm³/mol. The quantitative estimate of drug-likeness (QED) is 0.629. The van der Waals surface area contributed by atoms with Gasteiger partial charge in [-0.1, -0.05) is 17.8 Å². The molecule has 6 heteroatoms. The zero-order chi connectivity index (χ0) is 12.1. The first kappa shape index (κ1) is 11.7. The Labute approximate surface area is 102 Å². The average molecular weight is 249 g/mol. The van der Waals surface area contributed by atoms with E-state index in [4.69, 9.17) is 5.11 Å². The van der Waals surface area contributed by atoms with Gasteiger partial charge in [-0.3, -0.25) is 9.78 Å². The van der Waals surface area contributed by atoms with Gasteiger partial charge >= 0.3 is 0 Å². The Balaban J connectivity index is 1.92. The number of aromatic nitrogens is 3.